The molecule has 0 spiro atoms. The number of hydrazine groups is 1. The lowest BCUT2D eigenvalue weighted by atomic mass is 9.86. The molecule has 1 rings (SSSR count). The summed E-state index contributed by atoms with van der Waals surface area (Å²) < 4.78 is 10.5. The number of carbonyl (C=O) groups is 2. The first-order valence-electron chi connectivity index (χ1n) is 11.6. The van der Waals surface area contributed by atoms with Gasteiger partial charge in [0.05, 0.1) is 13.4 Å². The fourth-order valence-corrected chi connectivity index (χ4v) is 3.95. The van der Waals surface area contributed by atoms with Crippen molar-refractivity contribution in [3.63, 3.8) is 0 Å². The third-order valence-electron chi connectivity index (χ3n) is 5.41. The molecule has 0 aromatic carbocycles. The third-order valence-corrected chi connectivity index (χ3v) is 5.87. The molecule has 0 fully saturated rings. The number of ketones is 1. The van der Waals surface area contributed by atoms with Crippen LogP contribution in [0.15, 0.2) is 58.9 Å². The van der Waals surface area contributed by atoms with Crippen LogP contribution in [-0.2, 0) is 18.5 Å². The van der Waals surface area contributed by atoms with Crippen molar-refractivity contribution >= 4 is 23.7 Å². The number of ether oxygens (including phenoxy) is 1. The number of hydrogen-bond donors (Lipinski definition) is 1. The first-order chi connectivity index (χ1) is 16.2. The number of carbonyl (C=O) groups excluding carboxylic acids is 2. The molecule has 0 saturated heterocycles. The van der Waals surface area contributed by atoms with Crippen molar-refractivity contribution in [3.8, 4) is 0 Å². The maximum Gasteiger partial charge on any atom is 0.259 e. The highest BCUT2D eigenvalue weighted by atomic mass is 32.2. The third kappa shape index (κ3) is 10.8. The minimum Gasteiger partial charge on any atom is -0.492 e. The quantitative estimate of drug-likeness (QED) is 0.216. The molecule has 2 atom stereocenters. The topological polar surface area (TPSA) is 71.1 Å². The van der Waals surface area contributed by atoms with Crippen molar-refractivity contribution in [2.45, 2.75) is 40.0 Å². The molecule has 0 aromatic heterocycles. The fraction of sp³-hybridized carbons (Fsp3) is 0.538. The molecule has 0 aromatic rings. The summed E-state index contributed by atoms with van der Waals surface area (Å²) in [7, 11) is 7.07. The molecule has 2 unspecified atom stereocenters. The van der Waals surface area contributed by atoms with Gasteiger partial charge in [-0.05, 0) is 49.3 Å². The molecule has 8 heteroatoms. The lowest BCUT2D eigenvalue weighted by molar-refractivity contribution is -0.131. The molecule has 34 heavy (non-hydrogen) atoms. The predicted molar refractivity (Wildman–Crippen MR) is 140 cm³/mol. The monoisotopic (exact) mass is 491 g/mol. The van der Waals surface area contributed by atoms with Crippen LogP contribution in [0.4, 0.5) is 0 Å². The van der Waals surface area contributed by atoms with E-state index in [0.717, 1.165) is 19.4 Å². The van der Waals surface area contributed by atoms with Crippen LogP contribution in [0, 0.1) is 11.8 Å². The minimum absolute atomic E-state index is 0.0218. The summed E-state index contributed by atoms with van der Waals surface area (Å²) in [4.78, 5) is 25.0. The zero-order valence-corrected chi connectivity index (χ0v) is 22.5. The van der Waals surface area contributed by atoms with Crippen LogP contribution in [0.5, 0.6) is 0 Å². The second kappa shape index (κ2) is 16.4. The predicted octanol–water partition coefficient (Wildman–Crippen LogP) is 4.63. The lowest BCUT2D eigenvalue weighted by Crippen LogP contribution is -2.39. The van der Waals surface area contributed by atoms with Gasteiger partial charge in [0.1, 0.15) is 5.78 Å². The van der Waals surface area contributed by atoms with Crippen LogP contribution in [0.1, 0.15) is 40.0 Å². The maximum atomic E-state index is 11.9. The number of nitrogens with one attached hydrogen (secondary N) is 1. The Kier molecular flexibility index (Phi) is 14.3. The molecule has 7 nitrogen and oxygen atoms in total. The van der Waals surface area contributed by atoms with Crippen molar-refractivity contribution < 1.29 is 18.5 Å². The highest BCUT2D eigenvalue weighted by Crippen LogP contribution is 2.31. The average Bonchev–Trinajstić information content (AvgIpc) is 2.80. The highest BCUT2D eigenvalue weighted by molar-refractivity contribution is 7.97. The van der Waals surface area contributed by atoms with Crippen LogP contribution in [0.3, 0.4) is 0 Å². The van der Waals surface area contributed by atoms with Gasteiger partial charge in [-0.1, -0.05) is 31.2 Å². The van der Waals surface area contributed by atoms with Crippen LogP contribution >= 0.6 is 12.0 Å². The highest BCUT2D eigenvalue weighted by Gasteiger charge is 2.21. The van der Waals surface area contributed by atoms with Gasteiger partial charge in [-0.15, -0.1) is 0 Å². The molecular formula is C26H41N3O4S. The largest absolute Gasteiger partial charge is 0.492 e. The van der Waals surface area contributed by atoms with Gasteiger partial charge in [-0.25, -0.2) is 5.01 Å². The fourth-order valence-electron chi connectivity index (χ4n) is 3.61. The van der Waals surface area contributed by atoms with E-state index in [2.05, 4.69) is 49.6 Å². The number of nitrogens with zero attached hydrogens (tertiary/aromatic N) is 2. The van der Waals surface area contributed by atoms with Gasteiger partial charge in [-0.3, -0.25) is 9.59 Å². The van der Waals surface area contributed by atoms with Gasteiger partial charge < -0.3 is 19.2 Å². The van der Waals surface area contributed by atoms with Gasteiger partial charge in [-0.2, -0.15) is 0 Å². The Morgan fingerprint density at radius 2 is 1.97 bits per heavy atom. The van der Waals surface area contributed by atoms with Crippen molar-refractivity contribution in [3.05, 3.63) is 58.9 Å². The first-order valence-corrected chi connectivity index (χ1v) is 12.4. The van der Waals surface area contributed by atoms with Crippen LogP contribution in [0.2, 0.25) is 0 Å². The summed E-state index contributed by atoms with van der Waals surface area (Å²) in [5.41, 5.74) is 7.28. The Morgan fingerprint density at radius 3 is 2.56 bits per heavy atom. The summed E-state index contributed by atoms with van der Waals surface area (Å²) in [6.07, 6.45) is 14.0. The zero-order chi connectivity index (χ0) is 25.5. The number of amides is 1. The van der Waals surface area contributed by atoms with Crippen molar-refractivity contribution in [2.24, 2.45) is 11.8 Å². The summed E-state index contributed by atoms with van der Waals surface area (Å²) in [5.74, 6) is -0.138. The first kappa shape index (κ1) is 29.7. The molecule has 1 aliphatic heterocycles. The molecule has 0 bridgehead atoms. The Balaban J connectivity index is 3.16. The number of Topliss-reactive ketones (excluding diaryl/α,β-unsaturated/α-hetero) is 1. The molecule has 1 heterocycles. The Bertz CT molecular complexity index is 815. The zero-order valence-electron chi connectivity index (χ0n) is 21.7. The smallest absolute Gasteiger partial charge is 0.259 e. The molecule has 190 valence electrons. The van der Waals surface area contributed by atoms with Crippen LogP contribution in [-0.4, -0.2) is 63.0 Å². The van der Waals surface area contributed by atoms with Crippen LogP contribution < -0.4 is 5.43 Å². The molecule has 1 amide bonds. The van der Waals surface area contributed by atoms with E-state index in [1.54, 1.807) is 28.1 Å². The maximum absolute atomic E-state index is 11.9. The van der Waals surface area contributed by atoms with E-state index >= 15 is 0 Å². The summed E-state index contributed by atoms with van der Waals surface area (Å²) in [6, 6.07) is 0. The van der Waals surface area contributed by atoms with Crippen molar-refractivity contribution in [1.82, 2.24) is 15.3 Å². The minimum atomic E-state index is -0.133. The van der Waals surface area contributed by atoms with E-state index in [4.69, 9.17) is 8.92 Å². The average molecular weight is 492 g/mol. The van der Waals surface area contributed by atoms with E-state index in [9.17, 15) is 9.59 Å². The summed E-state index contributed by atoms with van der Waals surface area (Å²) in [6.45, 7) is 6.71. The summed E-state index contributed by atoms with van der Waals surface area (Å²) in [5, 5.41) is 4.06. The summed E-state index contributed by atoms with van der Waals surface area (Å²) >= 11 is 1.28. The second-order valence-electron chi connectivity index (χ2n) is 8.34. The number of likely N-dealkylation sites (N-methyl/N-ethyl adjacent to an activating group) is 1. The Hall–Kier alpha value is -2.29. The molecule has 0 saturated carbocycles. The van der Waals surface area contributed by atoms with E-state index in [1.807, 2.05) is 17.6 Å². The van der Waals surface area contributed by atoms with Crippen molar-refractivity contribution in [1.29, 1.82) is 0 Å². The number of allylic oxidation sites excluding steroid dienone is 7. The SMILES string of the molecule is C/C=C(\C1=C(CC)NN(C)CC1)C(C=CC(C=COCC(=O)N(C)C)CC(C)=O)/C=C\SOC. The molecule has 1 N–H and O–H groups in total. The van der Waals surface area contributed by atoms with Crippen molar-refractivity contribution in [2.75, 3.05) is 41.4 Å². The van der Waals surface area contributed by atoms with Gasteiger partial charge in [0.25, 0.3) is 5.91 Å². The number of hydrogen-bond acceptors (Lipinski definition) is 7. The Morgan fingerprint density at radius 1 is 1.24 bits per heavy atom. The molecular weight excluding hydrogens is 450 g/mol. The normalized spacial score (nSPS) is 17.4. The Labute approximate surface area is 209 Å². The molecule has 0 aliphatic carbocycles. The second-order valence-corrected chi connectivity index (χ2v) is 9.14. The van der Waals surface area contributed by atoms with Gasteiger partial charge in [0, 0.05) is 63.7 Å². The molecule has 0 radical (unpaired) electrons. The van der Waals surface area contributed by atoms with Gasteiger partial charge in [0.2, 0.25) is 0 Å². The molecule has 1 aliphatic rings. The van der Waals surface area contributed by atoms with E-state index in [0.29, 0.717) is 6.42 Å². The van der Waals surface area contributed by atoms with Gasteiger partial charge >= 0.3 is 0 Å². The van der Waals surface area contributed by atoms with E-state index < -0.39 is 0 Å². The number of rotatable bonds is 14. The standard InChI is InChI=1S/C26H41N3O4S/c1-8-23(24-12-15-29(6)27-25(24)9-2)22(14-17-34-32-7)11-10-21(18-20(3)30)13-16-33-19-26(31)28(4)5/h8,10-11,13-14,16-17,21-22,27H,9,12,15,18-19H2,1-7H3/b11-10?,16-13?,17-14-,23-8-. The van der Waals surface area contributed by atoms with E-state index in [1.165, 1.54) is 40.0 Å². The van der Waals surface area contributed by atoms with Crippen LogP contribution in [0.25, 0.3) is 0 Å². The lowest BCUT2D eigenvalue weighted by Gasteiger charge is -2.32. The van der Waals surface area contributed by atoms with E-state index in [-0.39, 0.29) is 30.1 Å². The van der Waals surface area contributed by atoms with Gasteiger partial charge in [0.15, 0.2) is 6.61 Å².